The zero-order valence-corrected chi connectivity index (χ0v) is 47.3. The van der Waals surface area contributed by atoms with Crippen molar-refractivity contribution in [3.63, 3.8) is 0 Å². The Morgan fingerprint density at radius 3 is 2.18 bits per heavy atom. The van der Waals surface area contributed by atoms with E-state index in [1.165, 1.54) is 0 Å². The Morgan fingerprint density at radius 1 is 0.795 bits per heavy atom. The number of ether oxygens (including phenoxy) is 5. The second-order valence-corrected chi connectivity index (χ2v) is 20.7. The van der Waals surface area contributed by atoms with Gasteiger partial charge in [-0.1, -0.05) is 11.3 Å². The van der Waals surface area contributed by atoms with Crippen LogP contribution in [0.4, 0.5) is 11.5 Å². The van der Waals surface area contributed by atoms with Crippen molar-refractivity contribution in [1.29, 1.82) is 0 Å². The summed E-state index contributed by atoms with van der Waals surface area (Å²) in [4.78, 5) is 103. The van der Waals surface area contributed by atoms with E-state index in [4.69, 9.17) is 28.7 Å². The highest BCUT2D eigenvalue weighted by Crippen LogP contribution is 2.33. The molecule has 6 amide bonds. The van der Waals surface area contributed by atoms with Gasteiger partial charge >= 0.3 is 0 Å². The Balaban J connectivity index is 0.591. The lowest BCUT2D eigenvalue weighted by Crippen LogP contribution is -2.54. The summed E-state index contributed by atoms with van der Waals surface area (Å²) in [5.41, 5.74) is 6.39. The van der Waals surface area contributed by atoms with Crippen molar-refractivity contribution in [2.24, 2.45) is 0 Å². The number of piperidine rings is 1. The summed E-state index contributed by atoms with van der Waals surface area (Å²) < 4.78 is 31.7. The van der Waals surface area contributed by atoms with Crippen LogP contribution in [0.25, 0.3) is 22.0 Å². The molecule has 2 saturated heterocycles. The zero-order chi connectivity index (χ0) is 58.4. The summed E-state index contributed by atoms with van der Waals surface area (Å²) in [5.74, 6) is -1.66. The number of aryl methyl sites for hydroxylation is 3. The van der Waals surface area contributed by atoms with Gasteiger partial charge < -0.3 is 49.1 Å². The van der Waals surface area contributed by atoms with E-state index in [1.54, 1.807) is 35.3 Å². The fourth-order valence-electron chi connectivity index (χ4n) is 10.2. The highest BCUT2D eigenvalue weighted by Gasteiger charge is 2.45. The molecule has 0 bridgehead atoms. The molecule has 3 aliphatic heterocycles. The van der Waals surface area contributed by atoms with Gasteiger partial charge in [0.05, 0.1) is 107 Å². The molecule has 25 heteroatoms. The van der Waals surface area contributed by atoms with Crippen LogP contribution in [0, 0.1) is 13.8 Å². The largest absolute Gasteiger partial charge is 0.382 e. The smallest absolute Gasteiger partial charge is 0.264 e. The monoisotopic (exact) mass is 1140 g/mol. The van der Waals surface area contributed by atoms with Crippen molar-refractivity contribution in [1.82, 2.24) is 55.2 Å². The van der Waals surface area contributed by atoms with E-state index in [9.17, 15) is 33.6 Å². The number of hydrogen-bond acceptors (Lipinski definition) is 18. The number of carbonyl (C=O) groups is 6. The van der Waals surface area contributed by atoms with E-state index in [0.29, 0.717) is 140 Å². The molecule has 6 aromatic rings. The molecule has 1 atom stereocenters. The van der Waals surface area contributed by atoms with E-state index in [1.807, 2.05) is 73.8 Å². The number of carbonyl (C=O) groups excluding carboxylic acids is 6. The Kier molecular flexibility index (Phi) is 20.2. The summed E-state index contributed by atoms with van der Waals surface area (Å²) in [7, 11) is 0. The number of fused-ring (bicyclic) bond motifs is 2. The molecular formula is C58H71N13O12. The van der Waals surface area contributed by atoms with Crippen molar-refractivity contribution in [3.8, 4) is 11.1 Å². The molecule has 0 aliphatic carbocycles. The number of amides is 6. The first-order chi connectivity index (χ1) is 40.2. The molecule has 4 N–H and O–H groups in total. The van der Waals surface area contributed by atoms with Gasteiger partial charge in [0.1, 0.15) is 11.9 Å². The normalized spacial score (nSPS) is 15.4. The Hall–Kier alpha value is -8.23. The number of nitrogens with one attached hydrogen (secondary N) is 4. The van der Waals surface area contributed by atoms with Crippen molar-refractivity contribution in [2.75, 3.05) is 109 Å². The van der Waals surface area contributed by atoms with Crippen LogP contribution in [-0.4, -0.2) is 185 Å². The summed E-state index contributed by atoms with van der Waals surface area (Å²) in [6, 6.07) is 13.6. The highest BCUT2D eigenvalue weighted by atomic mass is 16.6. The first kappa shape index (κ1) is 59.4. The maximum Gasteiger partial charge on any atom is 0.264 e. The zero-order valence-electron chi connectivity index (χ0n) is 47.3. The third-order valence-electron chi connectivity index (χ3n) is 14.6. The number of nitrogens with zero attached hydrogens (tertiary/aromatic N) is 9. The summed E-state index contributed by atoms with van der Waals surface area (Å²) >= 11 is 0. The number of piperazine rings is 1. The molecule has 25 nitrogen and oxygen atoms in total. The minimum absolute atomic E-state index is 0.0532. The number of aromatic amines is 1. The fourth-order valence-corrected chi connectivity index (χ4v) is 10.2. The average molecular weight is 1140 g/mol. The van der Waals surface area contributed by atoms with Crippen LogP contribution in [0.2, 0.25) is 0 Å². The predicted molar refractivity (Wildman–Crippen MR) is 304 cm³/mol. The van der Waals surface area contributed by atoms with E-state index in [2.05, 4.69) is 41.2 Å². The first-order valence-corrected chi connectivity index (χ1v) is 28.1. The lowest BCUT2D eigenvalue weighted by Gasteiger charge is -2.35. The molecule has 2 aromatic carbocycles. The Labute approximate surface area is 479 Å². The SMILES string of the molecule is Cc1cc(C)c(CNC(=O)c2cc(-c3ccc(N4CCN(C(=O)CCc5cn(CCOCCOCCOCCOCCOCCNc6cccc7c6C(=O)N(C6CCC(=O)NC6=O)C7=O)nn5)CC4)nc3)cc3c2cnn3C(C)C)c(=O)[nH]1. The van der Waals surface area contributed by atoms with E-state index in [0.717, 1.165) is 44.3 Å². The number of aromatic nitrogens is 7. The quantitative estimate of drug-likeness (QED) is 0.0387. The summed E-state index contributed by atoms with van der Waals surface area (Å²) in [6.45, 7) is 15.0. The van der Waals surface area contributed by atoms with Crippen LogP contribution in [-0.2, 0) is 57.6 Å². The van der Waals surface area contributed by atoms with Gasteiger partial charge in [-0.2, -0.15) is 5.10 Å². The minimum atomic E-state index is -1.03. The van der Waals surface area contributed by atoms with Crippen molar-refractivity contribution < 1.29 is 52.5 Å². The van der Waals surface area contributed by atoms with Crippen LogP contribution in [0.15, 0.2) is 71.9 Å². The van der Waals surface area contributed by atoms with Crippen molar-refractivity contribution in [3.05, 3.63) is 117 Å². The number of anilines is 2. The van der Waals surface area contributed by atoms with Crippen molar-refractivity contribution >= 4 is 57.9 Å². The summed E-state index contributed by atoms with van der Waals surface area (Å²) in [6.07, 6.45) is 6.30. The minimum Gasteiger partial charge on any atom is -0.382 e. The number of hydrogen-bond donors (Lipinski definition) is 4. The fraction of sp³-hybridized carbons (Fsp3) is 0.466. The van der Waals surface area contributed by atoms with Gasteiger partial charge in [0, 0.05) is 105 Å². The highest BCUT2D eigenvalue weighted by molar-refractivity contribution is 6.25. The van der Waals surface area contributed by atoms with Crippen molar-refractivity contribution in [2.45, 2.75) is 78.6 Å². The van der Waals surface area contributed by atoms with Crippen LogP contribution in [0.3, 0.4) is 0 Å². The maximum atomic E-state index is 13.8. The van der Waals surface area contributed by atoms with Gasteiger partial charge in [0.2, 0.25) is 17.7 Å². The third kappa shape index (κ3) is 14.9. The van der Waals surface area contributed by atoms with E-state index >= 15 is 0 Å². The number of pyridine rings is 2. The molecule has 0 spiro atoms. The number of H-pyrrole nitrogens is 1. The van der Waals surface area contributed by atoms with Crippen LogP contribution < -0.4 is 26.4 Å². The van der Waals surface area contributed by atoms with Gasteiger partial charge in [-0.15, -0.1) is 5.10 Å². The molecule has 4 aromatic heterocycles. The predicted octanol–water partition coefficient (Wildman–Crippen LogP) is 3.38. The van der Waals surface area contributed by atoms with E-state index < -0.39 is 29.7 Å². The first-order valence-electron chi connectivity index (χ1n) is 28.1. The molecule has 83 heavy (non-hydrogen) atoms. The molecule has 1 unspecified atom stereocenters. The third-order valence-corrected chi connectivity index (χ3v) is 14.6. The van der Waals surface area contributed by atoms with Gasteiger partial charge in [-0.3, -0.25) is 48.5 Å². The number of rotatable bonds is 29. The van der Waals surface area contributed by atoms with E-state index in [-0.39, 0.29) is 53.9 Å². The van der Waals surface area contributed by atoms with Crippen LogP contribution in [0.5, 0.6) is 0 Å². The molecule has 7 heterocycles. The average Bonchev–Trinajstić information content (AvgIpc) is 4.31. The summed E-state index contributed by atoms with van der Waals surface area (Å²) in [5, 5.41) is 22.1. The Bertz CT molecular complexity index is 3350. The van der Waals surface area contributed by atoms with Gasteiger partial charge in [0.15, 0.2) is 0 Å². The maximum absolute atomic E-state index is 13.8. The second-order valence-electron chi connectivity index (χ2n) is 20.7. The lowest BCUT2D eigenvalue weighted by atomic mass is 10.0. The lowest BCUT2D eigenvalue weighted by molar-refractivity contribution is -0.136. The van der Waals surface area contributed by atoms with Crippen LogP contribution in [0.1, 0.15) is 92.7 Å². The molecular weight excluding hydrogens is 1070 g/mol. The van der Waals surface area contributed by atoms with Gasteiger partial charge in [0.25, 0.3) is 23.3 Å². The van der Waals surface area contributed by atoms with Gasteiger partial charge in [-0.05, 0) is 87.7 Å². The molecule has 2 fully saturated rings. The number of imide groups is 2. The molecule has 3 aliphatic rings. The molecule has 440 valence electrons. The molecule has 0 radical (unpaired) electrons. The van der Waals surface area contributed by atoms with Crippen LogP contribution >= 0.6 is 0 Å². The van der Waals surface area contributed by atoms with Gasteiger partial charge in [-0.25, -0.2) is 9.67 Å². The standard InChI is InChI=1S/C58H71N13O12/c1-37(2)71-49-32-41(31-44(46(49)35-62-71)54(74)61-34-45-38(3)30-39(4)63-55(45)75)40-8-11-50(60-33-40)67-15-17-68(18-16-67)52(73)13-9-42-36-69(66-65-42)19-21-80-23-25-82-27-29-83-28-26-81-24-22-79-20-14-59-47-7-5-6-43-53(47)58(78)70(57(43)77)48-10-12-51(72)64-56(48)76/h5-8,11,30-33,35-37,48,59H,9-10,12-29,34H2,1-4H3,(H,61,74)(H,63,75)(H,64,72,76). The second kappa shape index (κ2) is 28.2. The topological polar surface area (TPSA) is 289 Å². The molecule has 0 saturated carbocycles. The molecule has 9 rings (SSSR count). The Morgan fingerprint density at radius 2 is 1.51 bits per heavy atom. The number of benzene rings is 2.